The van der Waals surface area contributed by atoms with E-state index in [1.807, 2.05) is 24.3 Å². The number of benzene rings is 1. The van der Waals surface area contributed by atoms with Gasteiger partial charge in [-0.3, -0.25) is 0 Å². The summed E-state index contributed by atoms with van der Waals surface area (Å²) in [4.78, 5) is 0. The third-order valence-electron chi connectivity index (χ3n) is 3.82. The lowest BCUT2D eigenvalue weighted by Crippen LogP contribution is -2.39. The zero-order chi connectivity index (χ0) is 13.7. The second-order valence-electron chi connectivity index (χ2n) is 6.21. The van der Waals surface area contributed by atoms with Crippen LogP contribution >= 0.6 is 15.9 Å². The van der Waals surface area contributed by atoms with E-state index in [1.54, 1.807) is 0 Å². The highest BCUT2D eigenvalue weighted by Gasteiger charge is 2.27. The maximum atomic E-state index is 5.72. The van der Waals surface area contributed by atoms with Crippen molar-refractivity contribution in [2.45, 2.75) is 45.6 Å². The minimum absolute atomic E-state index is 0.502. The van der Waals surface area contributed by atoms with Crippen LogP contribution in [0.25, 0.3) is 0 Å². The maximum Gasteiger partial charge on any atom is 0.119 e. The Labute approximate surface area is 125 Å². The Balaban J connectivity index is 1.65. The number of rotatable bonds is 5. The first-order valence-corrected chi connectivity index (χ1v) is 7.96. The molecule has 0 bridgehead atoms. The highest BCUT2D eigenvalue weighted by atomic mass is 79.9. The Morgan fingerprint density at radius 1 is 1.32 bits per heavy atom. The van der Waals surface area contributed by atoms with E-state index in [0.717, 1.165) is 23.4 Å². The molecule has 0 radical (unpaired) electrons. The quantitative estimate of drug-likeness (QED) is 0.811. The molecule has 0 aromatic heterocycles. The molecule has 1 aromatic rings. The largest absolute Gasteiger partial charge is 0.492 e. The molecule has 2 rings (SSSR count). The third kappa shape index (κ3) is 5.15. The molecule has 1 aromatic carbocycles. The van der Waals surface area contributed by atoms with Crippen molar-refractivity contribution in [1.29, 1.82) is 0 Å². The van der Waals surface area contributed by atoms with Crippen LogP contribution in [0.4, 0.5) is 0 Å². The standard InChI is InChI=1S/C16H24BrNO/c1-16(2)9-3-4-14(12-16)18-10-11-19-15-7-5-13(17)6-8-15/h5-8,14,18H,3-4,9-12H2,1-2H3. The molecule has 0 amide bonds. The zero-order valence-corrected chi connectivity index (χ0v) is 13.5. The summed E-state index contributed by atoms with van der Waals surface area (Å²) in [5.41, 5.74) is 0.502. The molecule has 1 unspecified atom stereocenters. The monoisotopic (exact) mass is 325 g/mol. The summed E-state index contributed by atoms with van der Waals surface area (Å²) in [6, 6.07) is 8.66. The second-order valence-corrected chi connectivity index (χ2v) is 7.13. The predicted octanol–water partition coefficient (Wildman–Crippen LogP) is 4.39. The van der Waals surface area contributed by atoms with Gasteiger partial charge >= 0.3 is 0 Å². The van der Waals surface area contributed by atoms with E-state index in [1.165, 1.54) is 25.7 Å². The van der Waals surface area contributed by atoms with Crippen molar-refractivity contribution < 1.29 is 4.74 Å². The normalized spacial score (nSPS) is 22.2. The molecule has 3 heteroatoms. The molecule has 0 saturated heterocycles. The predicted molar refractivity (Wildman–Crippen MR) is 83.7 cm³/mol. The van der Waals surface area contributed by atoms with Gasteiger partial charge in [0.1, 0.15) is 12.4 Å². The van der Waals surface area contributed by atoms with Crippen molar-refractivity contribution in [3.05, 3.63) is 28.7 Å². The molecule has 1 aliphatic carbocycles. The lowest BCUT2D eigenvalue weighted by Gasteiger charge is -2.35. The SMILES string of the molecule is CC1(C)CCCC(NCCOc2ccc(Br)cc2)C1. The molecule has 1 saturated carbocycles. The number of hydrogen-bond acceptors (Lipinski definition) is 2. The lowest BCUT2D eigenvalue weighted by atomic mass is 9.75. The third-order valence-corrected chi connectivity index (χ3v) is 4.35. The van der Waals surface area contributed by atoms with Crippen molar-refractivity contribution in [3.63, 3.8) is 0 Å². The molecule has 1 fully saturated rings. The van der Waals surface area contributed by atoms with Gasteiger partial charge in [0, 0.05) is 17.1 Å². The summed E-state index contributed by atoms with van der Waals surface area (Å²) in [5.74, 6) is 0.939. The van der Waals surface area contributed by atoms with Crippen molar-refractivity contribution in [3.8, 4) is 5.75 Å². The van der Waals surface area contributed by atoms with Crippen molar-refractivity contribution in [2.75, 3.05) is 13.2 Å². The minimum Gasteiger partial charge on any atom is -0.492 e. The minimum atomic E-state index is 0.502. The molecule has 0 heterocycles. The van der Waals surface area contributed by atoms with E-state index in [4.69, 9.17) is 4.74 Å². The number of halogens is 1. The summed E-state index contributed by atoms with van der Waals surface area (Å²) in [5, 5.41) is 3.62. The topological polar surface area (TPSA) is 21.3 Å². The molecule has 0 aliphatic heterocycles. The average Bonchev–Trinajstić information content (AvgIpc) is 2.36. The average molecular weight is 326 g/mol. The van der Waals surface area contributed by atoms with Crippen LogP contribution in [-0.4, -0.2) is 19.2 Å². The second kappa shape index (κ2) is 6.76. The first-order chi connectivity index (χ1) is 9.05. The molecular weight excluding hydrogens is 302 g/mol. The molecular formula is C16H24BrNO. The number of ether oxygens (including phenoxy) is 1. The summed E-state index contributed by atoms with van der Waals surface area (Å²) in [7, 11) is 0. The maximum absolute atomic E-state index is 5.72. The summed E-state index contributed by atoms with van der Waals surface area (Å²) in [6.45, 7) is 6.41. The van der Waals surface area contributed by atoms with Crippen molar-refractivity contribution in [1.82, 2.24) is 5.32 Å². The van der Waals surface area contributed by atoms with Gasteiger partial charge in [-0.15, -0.1) is 0 Å². The van der Waals surface area contributed by atoms with E-state index in [-0.39, 0.29) is 0 Å². The summed E-state index contributed by atoms with van der Waals surface area (Å²) < 4.78 is 6.81. The van der Waals surface area contributed by atoms with Crippen LogP contribution in [0.1, 0.15) is 39.5 Å². The molecule has 1 aliphatic rings. The fourth-order valence-corrected chi connectivity index (χ4v) is 3.10. The highest BCUT2D eigenvalue weighted by molar-refractivity contribution is 9.10. The molecule has 19 heavy (non-hydrogen) atoms. The van der Waals surface area contributed by atoms with Gasteiger partial charge in [-0.1, -0.05) is 36.2 Å². The molecule has 0 spiro atoms. The van der Waals surface area contributed by atoms with E-state index in [9.17, 15) is 0 Å². The van der Waals surface area contributed by atoms with Crippen LogP contribution in [0.15, 0.2) is 28.7 Å². The van der Waals surface area contributed by atoms with Gasteiger partial charge in [0.2, 0.25) is 0 Å². The Kier molecular flexibility index (Phi) is 5.28. The molecule has 106 valence electrons. The van der Waals surface area contributed by atoms with Crippen LogP contribution in [0.5, 0.6) is 5.75 Å². The number of hydrogen-bond donors (Lipinski definition) is 1. The van der Waals surface area contributed by atoms with Crippen molar-refractivity contribution >= 4 is 15.9 Å². The van der Waals surface area contributed by atoms with Gasteiger partial charge in [-0.25, -0.2) is 0 Å². The Bertz CT molecular complexity index is 388. The van der Waals surface area contributed by atoms with Crippen LogP contribution in [-0.2, 0) is 0 Å². The Morgan fingerprint density at radius 3 is 2.74 bits per heavy atom. The van der Waals surface area contributed by atoms with Gasteiger partial charge in [0.25, 0.3) is 0 Å². The van der Waals surface area contributed by atoms with E-state index >= 15 is 0 Å². The van der Waals surface area contributed by atoms with E-state index < -0.39 is 0 Å². The number of nitrogens with one attached hydrogen (secondary N) is 1. The summed E-state index contributed by atoms with van der Waals surface area (Å²) in [6.07, 6.45) is 5.30. The first-order valence-electron chi connectivity index (χ1n) is 7.17. The fraction of sp³-hybridized carbons (Fsp3) is 0.625. The Hall–Kier alpha value is -0.540. The van der Waals surface area contributed by atoms with Gasteiger partial charge in [0.05, 0.1) is 0 Å². The van der Waals surface area contributed by atoms with E-state index in [2.05, 4.69) is 35.1 Å². The summed E-state index contributed by atoms with van der Waals surface area (Å²) >= 11 is 3.42. The van der Waals surface area contributed by atoms with Crippen LogP contribution in [0, 0.1) is 5.41 Å². The molecule has 2 nitrogen and oxygen atoms in total. The highest BCUT2D eigenvalue weighted by Crippen LogP contribution is 2.34. The Morgan fingerprint density at radius 2 is 2.05 bits per heavy atom. The van der Waals surface area contributed by atoms with Crippen LogP contribution < -0.4 is 10.1 Å². The lowest BCUT2D eigenvalue weighted by molar-refractivity contribution is 0.192. The van der Waals surface area contributed by atoms with Crippen LogP contribution in [0.3, 0.4) is 0 Å². The zero-order valence-electron chi connectivity index (χ0n) is 11.9. The smallest absolute Gasteiger partial charge is 0.119 e. The molecule has 1 atom stereocenters. The van der Waals surface area contributed by atoms with Crippen LogP contribution in [0.2, 0.25) is 0 Å². The van der Waals surface area contributed by atoms with Crippen molar-refractivity contribution in [2.24, 2.45) is 5.41 Å². The first kappa shape index (κ1) is 14.9. The molecule has 1 N–H and O–H groups in total. The van der Waals surface area contributed by atoms with E-state index in [0.29, 0.717) is 11.5 Å². The van der Waals surface area contributed by atoms with Gasteiger partial charge in [-0.2, -0.15) is 0 Å². The van der Waals surface area contributed by atoms with Gasteiger partial charge in [0.15, 0.2) is 0 Å². The van der Waals surface area contributed by atoms with Gasteiger partial charge < -0.3 is 10.1 Å². The van der Waals surface area contributed by atoms with Gasteiger partial charge in [-0.05, 0) is 48.9 Å². The fourth-order valence-electron chi connectivity index (χ4n) is 2.84.